The van der Waals surface area contributed by atoms with Crippen molar-refractivity contribution >= 4 is 0 Å². The Labute approximate surface area is 113 Å². The van der Waals surface area contributed by atoms with Crippen molar-refractivity contribution in [1.82, 2.24) is 4.90 Å². The van der Waals surface area contributed by atoms with E-state index in [4.69, 9.17) is 5.73 Å². The van der Waals surface area contributed by atoms with Crippen molar-refractivity contribution in [1.29, 1.82) is 0 Å². The van der Waals surface area contributed by atoms with E-state index in [1.807, 2.05) is 6.92 Å². The van der Waals surface area contributed by atoms with Crippen molar-refractivity contribution < 1.29 is 8.78 Å². The minimum absolute atomic E-state index is 0.114. The highest BCUT2D eigenvalue weighted by Gasteiger charge is 2.29. The number of piperidine rings is 1. The van der Waals surface area contributed by atoms with E-state index in [-0.39, 0.29) is 23.7 Å². The van der Waals surface area contributed by atoms with Crippen LogP contribution in [0.15, 0.2) is 18.2 Å². The minimum Gasteiger partial charge on any atom is -0.327 e. The fourth-order valence-corrected chi connectivity index (χ4v) is 2.89. The van der Waals surface area contributed by atoms with E-state index in [2.05, 4.69) is 11.8 Å². The summed E-state index contributed by atoms with van der Waals surface area (Å²) in [5.74, 6) is -0.284. The number of benzene rings is 1. The lowest BCUT2D eigenvalue weighted by Gasteiger charge is -2.40. The van der Waals surface area contributed by atoms with Gasteiger partial charge in [0.05, 0.1) is 0 Å². The molecule has 2 rings (SSSR count). The number of rotatable bonds is 3. The molecule has 0 amide bonds. The molecule has 1 aromatic rings. The average Bonchev–Trinajstić information content (AvgIpc) is 2.41. The van der Waals surface area contributed by atoms with Crippen LogP contribution in [0, 0.1) is 17.6 Å². The van der Waals surface area contributed by atoms with Crippen LogP contribution in [0.5, 0.6) is 0 Å². The molecule has 3 unspecified atom stereocenters. The Kier molecular flexibility index (Phi) is 4.53. The van der Waals surface area contributed by atoms with Gasteiger partial charge in [0.1, 0.15) is 11.6 Å². The third-order valence-corrected chi connectivity index (χ3v) is 4.30. The molecular weight excluding hydrogens is 246 g/mol. The van der Waals surface area contributed by atoms with Gasteiger partial charge in [-0.2, -0.15) is 0 Å². The quantitative estimate of drug-likeness (QED) is 0.912. The third kappa shape index (κ3) is 3.12. The van der Waals surface area contributed by atoms with Gasteiger partial charge in [0, 0.05) is 30.7 Å². The van der Waals surface area contributed by atoms with Crippen molar-refractivity contribution in [2.45, 2.75) is 38.8 Å². The molecule has 1 heterocycles. The van der Waals surface area contributed by atoms with E-state index in [0.29, 0.717) is 11.5 Å². The Morgan fingerprint density at radius 1 is 1.42 bits per heavy atom. The smallest absolute Gasteiger partial charge is 0.128 e. The number of hydrogen-bond acceptors (Lipinski definition) is 2. The van der Waals surface area contributed by atoms with Gasteiger partial charge in [0.2, 0.25) is 0 Å². The summed E-state index contributed by atoms with van der Waals surface area (Å²) in [5, 5.41) is 0. The molecule has 1 aliphatic heterocycles. The second-order valence-corrected chi connectivity index (χ2v) is 5.46. The van der Waals surface area contributed by atoms with Crippen LogP contribution in [0.4, 0.5) is 8.78 Å². The standard InChI is InChI=1S/C15H22F2N2/c1-3-11-9-19(7-6-15(11)18)10(2)13-8-12(16)4-5-14(13)17/h4-5,8,10-11,15H,3,6-7,9,18H2,1-2H3. The largest absolute Gasteiger partial charge is 0.327 e. The van der Waals surface area contributed by atoms with Crippen LogP contribution >= 0.6 is 0 Å². The molecule has 0 saturated carbocycles. The van der Waals surface area contributed by atoms with Crippen LogP contribution in [0.2, 0.25) is 0 Å². The fourth-order valence-electron chi connectivity index (χ4n) is 2.89. The van der Waals surface area contributed by atoms with E-state index in [0.717, 1.165) is 32.0 Å². The average molecular weight is 268 g/mol. The van der Waals surface area contributed by atoms with Gasteiger partial charge in [-0.15, -0.1) is 0 Å². The molecule has 4 heteroatoms. The maximum Gasteiger partial charge on any atom is 0.128 e. The van der Waals surface area contributed by atoms with Gasteiger partial charge in [-0.1, -0.05) is 13.3 Å². The van der Waals surface area contributed by atoms with Gasteiger partial charge < -0.3 is 5.73 Å². The number of nitrogens with two attached hydrogens (primary N) is 1. The highest BCUT2D eigenvalue weighted by molar-refractivity contribution is 5.22. The first-order valence-electron chi connectivity index (χ1n) is 6.97. The van der Waals surface area contributed by atoms with E-state index in [1.165, 1.54) is 12.1 Å². The molecule has 0 radical (unpaired) electrons. The van der Waals surface area contributed by atoms with Gasteiger partial charge in [-0.05, 0) is 37.5 Å². The Morgan fingerprint density at radius 3 is 2.84 bits per heavy atom. The van der Waals surface area contributed by atoms with Crippen molar-refractivity contribution in [3.8, 4) is 0 Å². The number of nitrogens with zero attached hydrogens (tertiary/aromatic N) is 1. The first-order chi connectivity index (χ1) is 9.02. The maximum atomic E-state index is 13.8. The van der Waals surface area contributed by atoms with Crippen molar-refractivity contribution in [2.75, 3.05) is 13.1 Å². The second kappa shape index (κ2) is 5.97. The summed E-state index contributed by atoms with van der Waals surface area (Å²) in [6.45, 7) is 5.76. The molecule has 2 nitrogen and oxygen atoms in total. The molecular formula is C15H22F2N2. The highest BCUT2D eigenvalue weighted by Crippen LogP contribution is 2.29. The van der Waals surface area contributed by atoms with Crippen molar-refractivity contribution in [3.05, 3.63) is 35.4 Å². The van der Waals surface area contributed by atoms with Gasteiger partial charge in [-0.25, -0.2) is 8.78 Å². The Bertz CT molecular complexity index is 436. The lowest BCUT2D eigenvalue weighted by Crippen LogP contribution is -2.47. The SMILES string of the molecule is CCC1CN(C(C)c2cc(F)ccc2F)CCC1N. The topological polar surface area (TPSA) is 29.3 Å². The van der Waals surface area contributed by atoms with E-state index in [9.17, 15) is 8.78 Å². The molecule has 1 aliphatic rings. The Balaban J connectivity index is 2.15. The molecule has 3 atom stereocenters. The summed E-state index contributed by atoms with van der Waals surface area (Å²) in [4.78, 5) is 2.20. The first-order valence-corrected chi connectivity index (χ1v) is 6.97. The number of hydrogen-bond donors (Lipinski definition) is 1. The lowest BCUT2D eigenvalue weighted by molar-refractivity contribution is 0.112. The molecule has 0 aliphatic carbocycles. The summed E-state index contributed by atoms with van der Waals surface area (Å²) < 4.78 is 27.1. The molecule has 106 valence electrons. The second-order valence-electron chi connectivity index (χ2n) is 5.46. The summed E-state index contributed by atoms with van der Waals surface area (Å²) in [5.41, 5.74) is 6.52. The van der Waals surface area contributed by atoms with E-state index >= 15 is 0 Å². The molecule has 1 aromatic carbocycles. The van der Waals surface area contributed by atoms with Gasteiger partial charge >= 0.3 is 0 Å². The molecule has 2 N–H and O–H groups in total. The number of likely N-dealkylation sites (tertiary alicyclic amines) is 1. The van der Waals surface area contributed by atoms with Crippen LogP contribution in [0.1, 0.15) is 38.3 Å². The summed E-state index contributed by atoms with van der Waals surface area (Å²) >= 11 is 0. The summed E-state index contributed by atoms with van der Waals surface area (Å²) in [7, 11) is 0. The Morgan fingerprint density at radius 2 is 2.16 bits per heavy atom. The monoisotopic (exact) mass is 268 g/mol. The molecule has 1 fully saturated rings. The lowest BCUT2D eigenvalue weighted by atomic mass is 9.89. The highest BCUT2D eigenvalue weighted by atomic mass is 19.1. The van der Waals surface area contributed by atoms with Crippen LogP contribution in [0.25, 0.3) is 0 Å². The summed E-state index contributed by atoms with van der Waals surface area (Å²) in [6, 6.07) is 3.78. The maximum absolute atomic E-state index is 13.8. The third-order valence-electron chi connectivity index (χ3n) is 4.30. The van der Waals surface area contributed by atoms with Gasteiger partial charge in [0.15, 0.2) is 0 Å². The molecule has 0 bridgehead atoms. The van der Waals surface area contributed by atoms with Gasteiger partial charge in [0.25, 0.3) is 0 Å². The van der Waals surface area contributed by atoms with Gasteiger partial charge in [-0.3, -0.25) is 4.90 Å². The van der Waals surface area contributed by atoms with Crippen LogP contribution in [0.3, 0.4) is 0 Å². The van der Waals surface area contributed by atoms with E-state index < -0.39 is 0 Å². The molecule has 0 aromatic heterocycles. The number of halogens is 2. The Hall–Kier alpha value is -1.00. The fraction of sp³-hybridized carbons (Fsp3) is 0.600. The zero-order chi connectivity index (χ0) is 14.0. The predicted octanol–water partition coefficient (Wildman–Crippen LogP) is 3.09. The normalized spacial score (nSPS) is 26.4. The summed E-state index contributed by atoms with van der Waals surface area (Å²) in [6.07, 6.45) is 1.94. The van der Waals surface area contributed by atoms with Crippen molar-refractivity contribution in [2.24, 2.45) is 11.7 Å². The molecule has 0 spiro atoms. The van der Waals surface area contributed by atoms with Crippen LogP contribution in [-0.2, 0) is 0 Å². The predicted molar refractivity (Wildman–Crippen MR) is 72.7 cm³/mol. The van der Waals surface area contributed by atoms with Crippen LogP contribution < -0.4 is 5.73 Å². The van der Waals surface area contributed by atoms with Crippen molar-refractivity contribution in [3.63, 3.8) is 0 Å². The zero-order valence-electron chi connectivity index (χ0n) is 11.6. The zero-order valence-corrected chi connectivity index (χ0v) is 11.6. The molecule has 19 heavy (non-hydrogen) atoms. The molecule has 1 saturated heterocycles. The van der Waals surface area contributed by atoms with E-state index in [1.54, 1.807) is 0 Å². The minimum atomic E-state index is -0.385. The van der Waals surface area contributed by atoms with Crippen LogP contribution in [-0.4, -0.2) is 24.0 Å². The first kappa shape index (κ1) is 14.4.